The molecule has 0 aromatic heterocycles. The predicted octanol–water partition coefficient (Wildman–Crippen LogP) is 3.20. The lowest BCUT2D eigenvalue weighted by Gasteiger charge is -2.37. The number of aliphatic hydroxyl groups is 1. The minimum atomic E-state index is 0.0416. The highest BCUT2D eigenvalue weighted by atomic mass is 35.5. The summed E-state index contributed by atoms with van der Waals surface area (Å²) in [5.74, 6) is 0.861. The first kappa shape index (κ1) is 15.7. The van der Waals surface area contributed by atoms with Crippen molar-refractivity contribution in [1.82, 2.24) is 4.90 Å². The van der Waals surface area contributed by atoms with E-state index in [4.69, 9.17) is 16.7 Å². The Kier molecular flexibility index (Phi) is 6.20. The third-order valence-corrected chi connectivity index (χ3v) is 5.10. The molecular formula is C15H20ClNO2S. The van der Waals surface area contributed by atoms with Gasteiger partial charge in [-0.25, -0.2) is 0 Å². The van der Waals surface area contributed by atoms with Crippen molar-refractivity contribution < 1.29 is 9.90 Å². The van der Waals surface area contributed by atoms with Gasteiger partial charge in [0.25, 0.3) is 0 Å². The van der Waals surface area contributed by atoms with E-state index in [1.54, 1.807) is 11.8 Å². The Hall–Kier alpha value is -0.710. The lowest BCUT2D eigenvalue weighted by atomic mass is 9.91. The fourth-order valence-electron chi connectivity index (χ4n) is 2.27. The van der Waals surface area contributed by atoms with Crippen molar-refractivity contribution in [2.45, 2.75) is 36.6 Å². The van der Waals surface area contributed by atoms with Crippen LogP contribution in [0.25, 0.3) is 0 Å². The number of halogens is 1. The molecule has 110 valence electrons. The molecule has 0 aliphatic heterocycles. The molecule has 1 aliphatic carbocycles. The van der Waals surface area contributed by atoms with E-state index in [9.17, 15) is 4.79 Å². The number of benzene rings is 1. The van der Waals surface area contributed by atoms with Gasteiger partial charge in [0.05, 0.1) is 11.6 Å². The molecule has 0 heterocycles. The van der Waals surface area contributed by atoms with E-state index in [0.717, 1.165) is 28.5 Å². The molecule has 1 aliphatic rings. The molecule has 20 heavy (non-hydrogen) atoms. The normalized spacial score (nSPS) is 14.9. The number of hydrogen-bond donors (Lipinski definition) is 1. The molecule has 0 bridgehead atoms. The van der Waals surface area contributed by atoms with Crippen LogP contribution in [-0.4, -0.2) is 40.9 Å². The molecule has 1 amide bonds. The van der Waals surface area contributed by atoms with Crippen LogP contribution in [0.2, 0.25) is 5.02 Å². The van der Waals surface area contributed by atoms with Crippen molar-refractivity contribution >= 4 is 29.3 Å². The van der Waals surface area contributed by atoms with Crippen LogP contribution in [0.5, 0.6) is 0 Å². The Morgan fingerprint density at radius 2 is 2.15 bits per heavy atom. The maximum absolute atomic E-state index is 12.2. The van der Waals surface area contributed by atoms with Gasteiger partial charge in [-0.3, -0.25) is 4.79 Å². The molecule has 0 saturated heterocycles. The summed E-state index contributed by atoms with van der Waals surface area (Å²) in [5, 5.41) is 9.81. The van der Waals surface area contributed by atoms with Gasteiger partial charge in [0.15, 0.2) is 0 Å². The second-order valence-corrected chi connectivity index (χ2v) is 6.47. The van der Waals surface area contributed by atoms with Gasteiger partial charge in [0.1, 0.15) is 0 Å². The van der Waals surface area contributed by atoms with Crippen LogP contribution in [0.1, 0.15) is 25.7 Å². The number of rotatable bonds is 7. The lowest BCUT2D eigenvalue weighted by Crippen LogP contribution is -2.45. The Labute approximate surface area is 129 Å². The molecule has 1 fully saturated rings. The van der Waals surface area contributed by atoms with Gasteiger partial charge < -0.3 is 10.0 Å². The minimum Gasteiger partial charge on any atom is -0.395 e. The number of carbonyl (C=O) groups is 1. The van der Waals surface area contributed by atoms with Crippen LogP contribution in [-0.2, 0) is 4.79 Å². The summed E-state index contributed by atoms with van der Waals surface area (Å²) < 4.78 is 0. The molecule has 1 saturated carbocycles. The van der Waals surface area contributed by atoms with Gasteiger partial charge in [0.2, 0.25) is 5.91 Å². The highest BCUT2D eigenvalue weighted by Gasteiger charge is 2.27. The first-order chi connectivity index (χ1) is 9.72. The van der Waals surface area contributed by atoms with E-state index >= 15 is 0 Å². The topological polar surface area (TPSA) is 40.5 Å². The number of nitrogens with zero attached hydrogens (tertiary/aromatic N) is 1. The van der Waals surface area contributed by atoms with Crippen molar-refractivity contribution in [3.63, 3.8) is 0 Å². The second-order valence-electron chi connectivity index (χ2n) is 4.92. The van der Waals surface area contributed by atoms with E-state index in [-0.39, 0.29) is 12.5 Å². The van der Waals surface area contributed by atoms with Crippen LogP contribution in [0, 0.1) is 0 Å². The standard InChI is InChI=1S/C15H20ClNO2S/c16-13-6-1-2-7-14(13)20-11-8-15(19)17(9-10-18)12-4-3-5-12/h1-2,6-7,12,18H,3-5,8-11H2. The number of carbonyl (C=O) groups excluding carboxylic acids is 1. The third kappa shape index (κ3) is 4.14. The van der Waals surface area contributed by atoms with Crippen LogP contribution in [0.4, 0.5) is 0 Å². The molecule has 0 radical (unpaired) electrons. The molecule has 0 atom stereocenters. The summed E-state index contributed by atoms with van der Waals surface area (Å²) in [5.41, 5.74) is 0. The van der Waals surface area contributed by atoms with E-state index in [1.807, 2.05) is 29.2 Å². The molecule has 1 aromatic rings. The van der Waals surface area contributed by atoms with E-state index in [0.29, 0.717) is 19.0 Å². The van der Waals surface area contributed by atoms with Crippen LogP contribution >= 0.6 is 23.4 Å². The zero-order chi connectivity index (χ0) is 14.4. The Morgan fingerprint density at radius 3 is 2.75 bits per heavy atom. The summed E-state index contributed by atoms with van der Waals surface area (Å²) >= 11 is 7.69. The zero-order valence-corrected chi connectivity index (χ0v) is 13.0. The summed E-state index contributed by atoms with van der Waals surface area (Å²) in [6.07, 6.45) is 3.83. The molecule has 0 unspecified atom stereocenters. The van der Waals surface area contributed by atoms with Gasteiger partial charge >= 0.3 is 0 Å². The summed E-state index contributed by atoms with van der Waals surface area (Å²) in [6, 6.07) is 8.02. The molecule has 1 aromatic carbocycles. The maximum Gasteiger partial charge on any atom is 0.223 e. The number of amides is 1. The van der Waals surface area contributed by atoms with Crippen LogP contribution in [0.15, 0.2) is 29.2 Å². The SMILES string of the molecule is O=C(CCSc1ccccc1Cl)N(CCO)C1CCC1. The fourth-order valence-corrected chi connectivity index (χ4v) is 3.45. The first-order valence-corrected chi connectivity index (χ1v) is 8.36. The van der Waals surface area contributed by atoms with Crippen molar-refractivity contribution in [2.75, 3.05) is 18.9 Å². The maximum atomic E-state index is 12.2. The second kappa shape index (κ2) is 7.91. The summed E-state index contributed by atoms with van der Waals surface area (Å²) in [7, 11) is 0. The Bertz CT molecular complexity index is 451. The van der Waals surface area contributed by atoms with Gasteiger partial charge in [-0.1, -0.05) is 23.7 Å². The molecule has 3 nitrogen and oxygen atoms in total. The van der Waals surface area contributed by atoms with Crippen molar-refractivity contribution in [3.05, 3.63) is 29.3 Å². The van der Waals surface area contributed by atoms with Gasteiger partial charge in [0, 0.05) is 29.7 Å². The van der Waals surface area contributed by atoms with Gasteiger partial charge in [-0.05, 0) is 31.4 Å². The van der Waals surface area contributed by atoms with Gasteiger partial charge in [-0.2, -0.15) is 0 Å². The first-order valence-electron chi connectivity index (χ1n) is 7.00. The quantitative estimate of drug-likeness (QED) is 0.786. The predicted molar refractivity (Wildman–Crippen MR) is 83.2 cm³/mol. The number of thioether (sulfide) groups is 1. The molecular weight excluding hydrogens is 294 g/mol. The van der Waals surface area contributed by atoms with Crippen LogP contribution in [0.3, 0.4) is 0 Å². The number of hydrogen-bond acceptors (Lipinski definition) is 3. The summed E-state index contributed by atoms with van der Waals surface area (Å²) in [4.78, 5) is 15.1. The molecule has 0 spiro atoms. The number of aliphatic hydroxyl groups excluding tert-OH is 1. The average molecular weight is 314 g/mol. The fraction of sp³-hybridized carbons (Fsp3) is 0.533. The van der Waals surface area contributed by atoms with Gasteiger partial charge in [-0.15, -0.1) is 11.8 Å². The van der Waals surface area contributed by atoms with E-state index in [2.05, 4.69) is 0 Å². The monoisotopic (exact) mass is 313 g/mol. The van der Waals surface area contributed by atoms with E-state index in [1.165, 1.54) is 6.42 Å². The van der Waals surface area contributed by atoms with Crippen molar-refractivity contribution in [2.24, 2.45) is 0 Å². The largest absolute Gasteiger partial charge is 0.395 e. The third-order valence-electron chi connectivity index (χ3n) is 3.59. The molecule has 5 heteroatoms. The van der Waals surface area contributed by atoms with E-state index < -0.39 is 0 Å². The van der Waals surface area contributed by atoms with Crippen LogP contribution < -0.4 is 0 Å². The smallest absolute Gasteiger partial charge is 0.223 e. The molecule has 2 rings (SSSR count). The Morgan fingerprint density at radius 1 is 1.40 bits per heavy atom. The highest BCUT2D eigenvalue weighted by molar-refractivity contribution is 7.99. The molecule has 1 N–H and O–H groups in total. The summed E-state index contributed by atoms with van der Waals surface area (Å²) in [6.45, 7) is 0.500. The van der Waals surface area contributed by atoms with Crippen molar-refractivity contribution in [3.8, 4) is 0 Å². The average Bonchev–Trinajstić information content (AvgIpc) is 2.38. The Balaban J connectivity index is 1.80. The zero-order valence-electron chi connectivity index (χ0n) is 11.4. The lowest BCUT2D eigenvalue weighted by molar-refractivity contribution is -0.135. The highest BCUT2D eigenvalue weighted by Crippen LogP contribution is 2.28. The van der Waals surface area contributed by atoms with Crippen molar-refractivity contribution in [1.29, 1.82) is 0 Å². The minimum absolute atomic E-state index is 0.0416.